The summed E-state index contributed by atoms with van der Waals surface area (Å²) in [6, 6.07) is 17.4. The summed E-state index contributed by atoms with van der Waals surface area (Å²) in [5.74, 6) is 0.768. The van der Waals surface area contributed by atoms with Gasteiger partial charge in [-0.05, 0) is 54.6 Å². The van der Waals surface area contributed by atoms with Crippen molar-refractivity contribution < 1.29 is 9.53 Å². The van der Waals surface area contributed by atoms with Gasteiger partial charge in [0.1, 0.15) is 11.6 Å². The lowest BCUT2D eigenvalue weighted by Gasteiger charge is -2.11. The topological polar surface area (TPSA) is 87.0 Å². The van der Waals surface area contributed by atoms with Gasteiger partial charge in [-0.15, -0.1) is 0 Å². The molecule has 0 saturated carbocycles. The molecule has 0 aliphatic rings. The fourth-order valence-corrected chi connectivity index (χ4v) is 2.52. The lowest BCUT2D eigenvalue weighted by Crippen LogP contribution is -2.13. The summed E-state index contributed by atoms with van der Waals surface area (Å²) in [6.07, 6.45) is 1.47. The second-order valence-electron chi connectivity index (χ2n) is 5.54. The van der Waals surface area contributed by atoms with Crippen LogP contribution in [-0.2, 0) is 0 Å². The van der Waals surface area contributed by atoms with Gasteiger partial charge in [-0.3, -0.25) is 4.79 Å². The number of nitrogens with one attached hydrogen (secondary N) is 2. The van der Waals surface area contributed by atoms with E-state index in [0.29, 0.717) is 33.4 Å². The Kier molecular flexibility index (Phi) is 5.55. The summed E-state index contributed by atoms with van der Waals surface area (Å²) in [6.45, 7) is 0. The molecule has 27 heavy (non-hydrogen) atoms. The average molecular weight is 379 g/mol. The van der Waals surface area contributed by atoms with E-state index < -0.39 is 0 Å². The smallest absolute Gasteiger partial charge is 0.257 e. The largest absolute Gasteiger partial charge is 0.495 e. The molecule has 3 aromatic rings. The Hall–Kier alpha value is -3.56. The highest BCUT2D eigenvalue weighted by Gasteiger charge is 2.11. The lowest BCUT2D eigenvalue weighted by molar-refractivity contribution is 0.102. The molecule has 0 atom stereocenters. The van der Waals surface area contributed by atoms with Crippen LogP contribution in [0.15, 0.2) is 60.8 Å². The minimum Gasteiger partial charge on any atom is -0.495 e. The Bertz CT molecular complexity index is 996. The molecule has 7 heteroatoms. The number of hydrogen-bond donors (Lipinski definition) is 2. The number of benzene rings is 2. The number of aromatic nitrogens is 1. The van der Waals surface area contributed by atoms with Gasteiger partial charge in [0.05, 0.1) is 30.0 Å². The highest BCUT2D eigenvalue weighted by molar-refractivity contribution is 6.31. The van der Waals surface area contributed by atoms with Gasteiger partial charge in [0.15, 0.2) is 0 Å². The molecular weight excluding hydrogens is 364 g/mol. The van der Waals surface area contributed by atoms with Crippen LogP contribution < -0.4 is 15.4 Å². The Labute approximate surface area is 161 Å². The maximum atomic E-state index is 12.4. The van der Waals surface area contributed by atoms with Crippen molar-refractivity contribution in [3.8, 4) is 11.8 Å². The molecule has 1 aromatic heterocycles. The van der Waals surface area contributed by atoms with Gasteiger partial charge in [0.25, 0.3) is 5.91 Å². The van der Waals surface area contributed by atoms with Crippen molar-refractivity contribution in [3.63, 3.8) is 0 Å². The van der Waals surface area contributed by atoms with Crippen LogP contribution in [0.5, 0.6) is 5.75 Å². The molecule has 0 unspecified atom stereocenters. The van der Waals surface area contributed by atoms with Crippen LogP contribution in [0.1, 0.15) is 15.9 Å². The van der Waals surface area contributed by atoms with E-state index >= 15 is 0 Å². The van der Waals surface area contributed by atoms with Crippen LogP contribution in [0.4, 0.5) is 17.2 Å². The van der Waals surface area contributed by atoms with Gasteiger partial charge in [-0.2, -0.15) is 5.26 Å². The van der Waals surface area contributed by atoms with Crippen molar-refractivity contribution in [3.05, 3.63) is 76.9 Å². The number of methoxy groups -OCH3 is 1. The normalized spacial score (nSPS) is 9.96. The van der Waals surface area contributed by atoms with E-state index in [1.165, 1.54) is 13.3 Å². The van der Waals surface area contributed by atoms with E-state index in [1.807, 2.05) is 0 Å². The van der Waals surface area contributed by atoms with Gasteiger partial charge in [-0.25, -0.2) is 4.98 Å². The van der Waals surface area contributed by atoms with E-state index in [4.69, 9.17) is 21.6 Å². The molecule has 1 amide bonds. The highest BCUT2D eigenvalue weighted by Crippen LogP contribution is 2.28. The van der Waals surface area contributed by atoms with Crippen LogP contribution >= 0.6 is 11.6 Å². The van der Waals surface area contributed by atoms with Crippen LogP contribution in [0.2, 0.25) is 5.02 Å². The number of nitrogens with zero attached hydrogens (tertiary/aromatic N) is 2. The number of rotatable bonds is 5. The van der Waals surface area contributed by atoms with Crippen molar-refractivity contribution in [2.75, 3.05) is 17.7 Å². The number of amides is 1. The molecule has 0 bridgehead atoms. The molecule has 2 N–H and O–H groups in total. The van der Waals surface area contributed by atoms with Crippen molar-refractivity contribution >= 4 is 34.7 Å². The third-order valence-corrected chi connectivity index (χ3v) is 3.96. The second-order valence-corrected chi connectivity index (χ2v) is 5.98. The minimum atomic E-state index is -0.326. The maximum absolute atomic E-state index is 12.4. The Morgan fingerprint density at radius 3 is 2.56 bits per heavy atom. The average Bonchev–Trinajstić information content (AvgIpc) is 2.69. The molecule has 0 aliphatic heterocycles. The van der Waals surface area contributed by atoms with E-state index in [9.17, 15) is 4.79 Å². The fraction of sp³-hybridized carbons (Fsp3) is 0.0500. The number of nitriles is 1. The molecule has 6 nitrogen and oxygen atoms in total. The number of pyridine rings is 1. The second kappa shape index (κ2) is 8.21. The van der Waals surface area contributed by atoms with Crippen molar-refractivity contribution in [2.45, 2.75) is 0 Å². The Balaban J connectivity index is 1.70. The first-order valence-electron chi connectivity index (χ1n) is 7.97. The number of anilines is 3. The quantitative estimate of drug-likeness (QED) is 0.676. The van der Waals surface area contributed by atoms with Gasteiger partial charge < -0.3 is 15.4 Å². The number of carbonyl (C=O) groups excluding carboxylic acids is 1. The van der Waals surface area contributed by atoms with Crippen molar-refractivity contribution in [2.24, 2.45) is 0 Å². The molecule has 0 aliphatic carbocycles. The first-order valence-corrected chi connectivity index (χ1v) is 8.35. The predicted molar refractivity (Wildman–Crippen MR) is 105 cm³/mol. The molecule has 0 radical (unpaired) electrons. The zero-order chi connectivity index (χ0) is 19.2. The Morgan fingerprint density at radius 1 is 1.15 bits per heavy atom. The van der Waals surface area contributed by atoms with Gasteiger partial charge in [0.2, 0.25) is 0 Å². The fourth-order valence-electron chi connectivity index (χ4n) is 2.35. The van der Waals surface area contributed by atoms with Gasteiger partial charge in [-0.1, -0.05) is 11.6 Å². The first kappa shape index (κ1) is 18.2. The molecule has 0 fully saturated rings. The number of halogens is 1. The number of hydrogen-bond acceptors (Lipinski definition) is 5. The summed E-state index contributed by atoms with van der Waals surface area (Å²) in [5.41, 5.74) is 2.25. The molecule has 3 rings (SSSR count). The van der Waals surface area contributed by atoms with E-state index in [1.54, 1.807) is 54.6 Å². The minimum absolute atomic E-state index is 0.326. The monoisotopic (exact) mass is 378 g/mol. The van der Waals surface area contributed by atoms with E-state index in [-0.39, 0.29) is 5.91 Å². The third-order valence-electron chi connectivity index (χ3n) is 3.72. The van der Waals surface area contributed by atoms with Crippen LogP contribution in [0.3, 0.4) is 0 Å². The predicted octanol–water partition coefficient (Wildman–Crippen LogP) is 4.61. The molecule has 2 aromatic carbocycles. The highest BCUT2D eigenvalue weighted by atomic mass is 35.5. The van der Waals surface area contributed by atoms with Crippen molar-refractivity contribution in [1.82, 2.24) is 4.98 Å². The van der Waals surface area contributed by atoms with Gasteiger partial charge >= 0.3 is 0 Å². The first-order chi connectivity index (χ1) is 13.1. The summed E-state index contributed by atoms with van der Waals surface area (Å²) in [4.78, 5) is 16.7. The third kappa shape index (κ3) is 4.54. The standard InChI is InChI=1S/C20H15ClN4O2/c1-27-18-8-5-15(21)10-17(18)25-20(26)14-4-9-19(23-12-14)24-16-6-2-13(11-22)3-7-16/h2-10,12H,1H3,(H,23,24)(H,25,26). The summed E-state index contributed by atoms with van der Waals surface area (Å²) in [5, 5.41) is 15.2. The number of carbonyl (C=O) groups is 1. The van der Waals surface area contributed by atoms with Crippen LogP contribution in [-0.4, -0.2) is 18.0 Å². The molecule has 0 spiro atoms. The zero-order valence-electron chi connectivity index (χ0n) is 14.4. The van der Waals surface area contributed by atoms with Crippen LogP contribution in [0, 0.1) is 11.3 Å². The van der Waals surface area contributed by atoms with Crippen molar-refractivity contribution in [1.29, 1.82) is 5.26 Å². The molecule has 1 heterocycles. The maximum Gasteiger partial charge on any atom is 0.257 e. The molecule has 0 saturated heterocycles. The van der Waals surface area contributed by atoms with Crippen LogP contribution in [0.25, 0.3) is 0 Å². The summed E-state index contributed by atoms with van der Waals surface area (Å²) < 4.78 is 5.22. The Morgan fingerprint density at radius 2 is 1.93 bits per heavy atom. The summed E-state index contributed by atoms with van der Waals surface area (Å²) >= 11 is 5.97. The van der Waals surface area contributed by atoms with Gasteiger partial charge in [0, 0.05) is 16.9 Å². The molecule has 134 valence electrons. The van der Waals surface area contributed by atoms with E-state index in [0.717, 1.165) is 5.69 Å². The zero-order valence-corrected chi connectivity index (χ0v) is 15.1. The summed E-state index contributed by atoms with van der Waals surface area (Å²) in [7, 11) is 1.52. The lowest BCUT2D eigenvalue weighted by atomic mass is 10.2. The molecular formula is C20H15ClN4O2. The van der Waals surface area contributed by atoms with E-state index in [2.05, 4.69) is 21.7 Å². The number of ether oxygens (including phenoxy) is 1. The SMILES string of the molecule is COc1ccc(Cl)cc1NC(=O)c1ccc(Nc2ccc(C#N)cc2)nc1.